The van der Waals surface area contributed by atoms with Gasteiger partial charge in [0.1, 0.15) is 0 Å². The molecule has 6 nitrogen and oxygen atoms in total. The molecule has 1 aromatic heterocycles. The lowest BCUT2D eigenvalue weighted by molar-refractivity contribution is -0.117. The molecule has 1 aliphatic heterocycles. The minimum Gasteiger partial charge on any atom is -0.360 e. The Morgan fingerprint density at radius 1 is 0.875 bits per heavy atom. The molecule has 9 heteroatoms. The molecule has 48 heavy (non-hydrogen) atoms. The monoisotopic (exact) mass is 828 g/mol. The van der Waals surface area contributed by atoms with Gasteiger partial charge in [0.15, 0.2) is 0 Å². The van der Waals surface area contributed by atoms with Crippen LogP contribution in [-0.4, -0.2) is 23.0 Å². The van der Waals surface area contributed by atoms with Gasteiger partial charge in [0.2, 0.25) is 5.91 Å². The zero-order valence-corrected chi connectivity index (χ0v) is 31.3. The highest BCUT2D eigenvalue weighted by Gasteiger charge is 2.44. The number of rotatable bonds is 5. The average molecular weight is 831 g/mol. The Balaban J connectivity index is 0.000000156. The number of hydrogen-bond acceptors (Lipinski definition) is 3. The van der Waals surface area contributed by atoms with Crippen molar-refractivity contribution in [2.45, 2.75) is 38.5 Å². The summed E-state index contributed by atoms with van der Waals surface area (Å²) >= 11 is 10.4. The van der Waals surface area contributed by atoms with Gasteiger partial charge >= 0.3 is 0 Å². The van der Waals surface area contributed by atoms with Crippen molar-refractivity contribution in [2.24, 2.45) is 16.9 Å². The van der Waals surface area contributed by atoms with E-state index in [4.69, 9.17) is 0 Å². The molecule has 244 valence electrons. The van der Waals surface area contributed by atoms with Gasteiger partial charge in [0, 0.05) is 47.7 Å². The van der Waals surface area contributed by atoms with Crippen molar-refractivity contribution in [2.75, 3.05) is 5.32 Å². The molecule has 2 heterocycles. The van der Waals surface area contributed by atoms with Gasteiger partial charge in [-0.15, -0.1) is 0 Å². The van der Waals surface area contributed by atoms with Crippen LogP contribution in [-0.2, 0) is 4.79 Å². The summed E-state index contributed by atoms with van der Waals surface area (Å²) in [6.07, 6.45) is 9.72. The van der Waals surface area contributed by atoms with Gasteiger partial charge in [-0.2, -0.15) is 5.10 Å². The fourth-order valence-electron chi connectivity index (χ4n) is 6.02. The Labute approximate surface area is 305 Å². The second kappa shape index (κ2) is 15.2. The van der Waals surface area contributed by atoms with E-state index < -0.39 is 0 Å². The van der Waals surface area contributed by atoms with Crippen molar-refractivity contribution in [3.8, 4) is 0 Å². The third kappa shape index (κ3) is 8.43. The number of aromatic amines is 1. The normalized spacial score (nSPS) is 20.1. The van der Waals surface area contributed by atoms with Gasteiger partial charge < -0.3 is 10.3 Å². The number of anilines is 1. The van der Waals surface area contributed by atoms with Crippen molar-refractivity contribution in [1.29, 1.82) is 0 Å². The molecule has 2 amide bonds. The number of halogens is 3. The molecule has 3 aliphatic rings. The number of carbonyl (C=O) groups excluding carboxylic acids is 2. The van der Waals surface area contributed by atoms with Crippen LogP contribution in [0.1, 0.15) is 71.1 Å². The number of allylic oxidation sites excluding steroid dienone is 1. The van der Waals surface area contributed by atoms with Crippen molar-refractivity contribution in [3.05, 3.63) is 138 Å². The fourth-order valence-corrected chi connectivity index (χ4v) is 7.27. The van der Waals surface area contributed by atoms with E-state index in [0.29, 0.717) is 11.3 Å². The zero-order chi connectivity index (χ0) is 33.8. The van der Waals surface area contributed by atoms with E-state index in [-0.39, 0.29) is 23.7 Å². The highest BCUT2D eigenvalue weighted by Crippen LogP contribution is 2.49. The fraction of sp³-hybridized carbons (Fsp3) is 0.205. The van der Waals surface area contributed by atoms with Crippen LogP contribution >= 0.6 is 47.8 Å². The Kier molecular flexibility index (Phi) is 10.8. The molecule has 4 unspecified atom stereocenters. The summed E-state index contributed by atoms with van der Waals surface area (Å²) in [5.74, 6) is 1.62. The summed E-state index contributed by atoms with van der Waals surface area (Å²) in [6, 6.07) is 28.5. The highest BCUT2D eigenvalue weighted by atomic mass is 79.9. The lowest BCUT2D eigenvalue weighted by Crippen LogP contribution is -2.18. The second-order valence-electron chi connectivity index (χ2n) is 12.3. The number of nitrogens with one attached hydrogen (secondary N) is 3. The molecule has 2 aliphatic carbocycles. The Hall–Kier alpha value is -3.79. The van der Waals surface area contributed by atoms with Crippen molar-refractivity contribution >= 4 is 88.5 Å². The first-order valence-corrected chi connectivity index (χ1v) is 18.3. The molecule has 3 N–H and O–H groups in total. The Morgan fingerprint density at radius 3 is 2.15 bits per heavy atom. The standard InChI is InChI=1S/C20H15BrN4O2.C10H11Br.C9H9Br/c21-12-3-1-2-10(4-12)14-7-15(14)19(26)24-13-5-16-18-11(8-22-17(18)6-13)9-23-25-20(16)27;1-7-5-10(7)8-3-2-4-9(11)6-8;1-2-4-8-5-3-6-9(10)7-8/h1-6,8-9,14-15,22H,7H2,(H,24,26)(H,25,27);2-4,6-7,10H,5H2,1H3;2-7H,1H3/b;;4-2+. The maximum atomic E-state index is 12.7. The zero-order valence-electron chi connectivity index (χ0n) is 26.5. The van der Waals surface area contributed by atoms with E-state index >= 15 is 0 Å². The van der Waals surface area contributed by atoms with E-state index in [0.717, 1.165) is 49.2 Å². The van der Waals surface area contributed by atoms with Gasteiger partial charge in [-0.3, -0.25) is 9.59 Å². The molecule has 0 radical (unpaired) electrons. The number of hydrogen-bond donors (Lipinski definition) is 3. The van der Waals surface area contributed by atoms with Crippen LogP contribution in [0.15, 0.2) is 116 Å². The summed E-state index contributed by atoms with van der Waals surface area (Å²) in [4.78, 5) is 28.1. The maximum absolute atomic E-state index is 12.7. The predicted molar refractivity (Wildman–Crippen MR) is 206 cm³/mol. The molecule has 0 spiro atoms. The highest BCUT2D eigenvalue weighted by molar-refractivity contribution is 9.11. The Morgan fingerprint density at radius 2 is 1.52 bits per heavy atom. The van der Waals surface area contributed by atoms with Crippen LogP contribution in [0.4, 0.5) is 5.69 Å². The van der Waals surface area contributed by atoms with Gasteiger partial charge in [0.05, 0.1) is 11.8 Å². The lowest BCUT2D eigenvalue weighted by Gasteiger charge is -2.09. The third-order valence-electron chi connectivity index (χ3n) is 8.69. The first kappa shape index (κ1) is 34.1. The van der Waals surface area contributed by atoms with Gasteiger partial charge in [-0.25, -0.2) is 5.43 Å². The van der Waals surface area contributed by atoms with Crippen molar-refractivity contribution in [1.82, 2.24) is 10.4 Å². The van der Waals surface area contributed by atoms with Gasteiger partial charge in [0.25, 0.3) is 5.91 Å². The van der Waals surface area contributed by atoms with Crippen LogP contribution in [0, 0.1) is 11.8 Å². The Bertz CT molecular complexity index is 2040. The summed E-state index contributed by atoms with van der Waals surface area (Å²) < 4.78 is 3.35. The molecule has 4 aromatic carbocycles. The number of benzene rings is 4. The molecule has 2 saturated carbocycles. The maximum Gasteiger partial charge on any atom is 0.272 e. The van der Waals surface area contributed by atoms with E-state index in [1.54, 1.807) is 18.5 Å². The minimum atomic E-state index is -0.288. The number of aromatic nitrogens is 1. The molecule has 4 atom stereocenters. The van der Waals surface area contributed by atoms with Gasteiger partial charge in [-0.05, 0) is 103 Å². The molecular weight excluding hydrogens is 796 g/mol. The van der Waals surface area contributed by atoms with Crippen molar-refractivity contribution < 1.29 is 9.59 Å². The van der Waals surface area contributed by atoms with E-state index in [9.17, 15) is 9.59 Å². The van der Waals surface area contributed by atoms with Crippen LogP contribution < -0.4 is 10.7 Å². The van der Waals surface area contributed by atoms with E-state index in [2.05, 4.69) is 124 Å². The first-order chi connectivity index (χ1) is 23.2. The number of carbonyl (C=O) groups is 2. The lowest BCUT2D eigenvalue weighted by atomic mass is 10.0. The van der Waals surface area contributed by atoms with Crippen LogP contribution in [0.2, 0.25) is 0 Å². The molecule has 0 saturated heterocycles. The van der Waals surface area contributed by atoms with E-state index in [1.165, 1.54) is 22.0 Å². The van der Waals surface area contributed by atoms with Crippen LogP contribution in [0.3, 0.4) is 0 Å². The summed E-state index contributed by atoms with van der Waals surface area (Å²) in [5, 5.41) is 7.69. The largest absolute Gasteiger partial charge is 0.360 e. The summed E-state index contributed by atoms with van der Waals surface area (Å²) in [6.45, 7) is 4.33. The summed E-state index contributed by atoms with van der Waals surface area (Å²) in [5.41, 5.74) is 9.11. The number of hydrazone groups is 1. The summed E-state index contributed by atoms with van der Waals surface area (Å²) in [7, 11) is 0. The van der Waals surface area contributed by atoms with E-state index in [1.807, 2.05) is 49.4 Å². The molecule has 0 bridgehead atoms. The predicted octanol–water partition coefficient (Wildman–Crippen LogP) is 10.8. The number of amides is 2. The third-order valence-corrected chi connectivity index (χ3v) is 10.2. The molecular formula is C39H35Br3N4O2. The second-order valence-corrected chi connectivity index (χ2v) is 15.1. The number of H-pyrrole nitrogens is 1. The quantitative estimate of drug-likeness (QED) is 0.165. The van der Waals surface area contributed by atoms with Crippen molar-refractivity contribution in [3.63, 3.8) is 0 Å². The SMILES string of the molecule is C/C=C/c1cccc(Br)c1.CC1CC1c1cccc(Br)c1.O=C1NN=Cc2c[nH]c3cc(NC(=O)C4CC4c4cccc(Br)c4)cc1c23. The first-order valence-electron chi connectivity index (χ1n) is 15.9. The van der Waals surface area contributed by atoms with Crippen LogP contribution in [0.5, 0.6) is 0 Å². The molecule has 2 fully saturated rings. The average Bonchev–Trinajstić information content (AvgIpc) is 3.98. The van der Waals surface area contributed by atoms with Crippen LogP contribution in [0.25, 0.3) is 17.0 Å². The molecule has 5 aromatic rings. The number of nitrogens with zero attached hydrogens (tertiary/aromatic N) is 1. The topological polar surface area (TPSA) is 86.3 Å². The smallest absolute Gasteiger partial charge is 0.272 e. The minimum absolute atomic E-state index is 0.0245. The molecule has 8 rings (SSSR count). The van der Waals surface area contributed by atoms with Gasteiger partial charge in [-0.1, -0.05) is 103 Å².